The molecule has 3 aromatic rings. The van der Waals surface area contributed by atoms with Gasteiger partial charge in [-0.3, -0.25) is 9.59 Å². The molecule has 0 atom stereocenters. The van der Waals surface area contributed by atoms with Crippen molar-refractivity contribution < 1.29 is 14.0 Å². The van der Waals surface area contributed by atoms with Crippen LogP contribution in [0.4, 0.5) is 10.1 Å². The average molecular weight is 395 g/mol. The fraction of sp³-hybridized carbons (Fsp3) is 0. The van der Waals surface area contributed by atoms with Crippen molar-refractivity contribution >= 4 is 35.2 Å². The van der Waals surface area contributed by atoms with Crippen LogP contribution in [-0.4, -0.2) is 11.8 Å². The van der Waals surface area contributed by atoms with Crippen LogP contribution >= 0.6 is 11.6 Å². The number of amides is 2. The highest BCUT2D eigenvalue weighted by Gasteiger charge is 2.15. The highest BCUT2D eigenvalue weighted by Crippen LogP contribution is 2.20. The van der Waals surface area contributed by atoms with Crippen molar-refractivity contribution in [3.8, 4) is 0 Å². The lowest BCUT2D eigenvalue weighted by atomic mass is 10.1. The molecule has 0 fully saturated rings. The molecule has 0 aromatic heterocycles. The van der Waals surface area contributed by atoms with Gasteiger partial charge in [0, 0.05) is 11.3 Å². The van der Waals surface area contributed by atoms with Crippen LogP contribution in [0.3, 0.4) is 0 Å². The van der Waals surface area contributed by atoms with E-state index in [0.717, 1.165) is 11.6 Å². The Hall–Kier alpha value is -3.44. The van der Waals surface area contributed by atoms with Gasteiger partial charge in [0.05, 0.1) is 5.02 Å². The number of hydrogen-bond acceptors (Lipinski definition) is 2. The normalized spacial score (nSPS) is 11.0. The Balaban J connectivity index is 1.87. The Morgan fingerprint density at radius 2 is 1.54 bits per heavy atom. The van der Waals surface area contributed by atoms with Gasteiger partial charge in [-0.25, -0.2) is 4.39 Å². The van der Waals surface area contributed by atoms with Gasteiger partial charge in [-0.05, 0) is 42.0 Å². The number of anilines is 1. The van der Waals surface area contributed by atoms with Gasteiger partial charge in [0.15, 0.2) is 0 Å². The van der Waals surface area contributed by atoms with Gasteiger partial charge in [-0.1, -0.05) is 60.1 Å². The molecule has 28 heavy (non-hydrogen) atoms. The van der Waals surface area contributed by atoms with E-state index in [-0.39, 0.29) is 10.7 Å². The highest BCUT2D eigenvalue weighted by molar-refractivity contribution is 6.31. The standard InChI is InChI=1S/C22H16ClFN2O2/c23-18-14-17(11-12-19(18)24)25-22(28)20(13-15-7-3-1-4-8-15)26-21(27)16-9-5-2-6-10-16/h1-14H,(H,25,28)(H,26,27)/b20-13-. The van der Waals surface area contributed by atoms with Gasteiger partial charge >= 0.3 is 0 Å². The van der Waals surface area contributed by atoms with Gasteiger partial charge in [-0.2, -0.15) is 0 Å². The molecule has 6 heteroatoms. The van der Waals surface area contributed by atoms with E-state index in [2.05, 4.69) is 10.6 Å². The zero-order valence-electron chi connectivity index (χ0n) is 14.7. The van der Waals surface area contributed by atoms with Crippen LogP contribution in [0.25, 0.3) is 6.08 Å². The third-order valence-electron chi connectivity index (χ3n) is 3.82. The van der Waals surface area contributed by atoms with E-state index < -0.39 is 17.6 Å². The molecule has 140 valence electrons. The van der Waals surface area contributed by atoms with Gasteiger partial charge < -0.3 is 10.6 Å². The Kier molecular flexibility index (Phi) is 6.19. The molecule has 0 aliphatic heterocycles. The van der Waals surface area contributed by atoms with E-state index in [4.69, 9.17) is 11.6 Å². The Labute approximate surface area is 166 Å². The van der Waals surface area contributed by atoms with Crippen LogP contribution in [0.5, 0.6) is 0 Å². The maximum Gasteiger partial charge on any atom is 0.272 e. The molecule has 0 heterocycles. The fourth-order valence-corrected chi connectivity index (χ4v) is 2.61. The lowest BCUT2D eigenvalue weighted by Gasteiger charge is -2.12. The predicted octanol–water partition coefficient (Wildman–Crippen LogP) is 4.89. The monoisotopic (exact) mass is 394 g/mol. The highest BCUT2D eigenvalue weighted by atomic mass is 35.5. The number of benzene rings is 3. The van der Waals surface area contributed by atoms with Crippen molar-refractivity contribution in [3.63, 3.8) is 0 Å². The van der Waals surface area contributed by atoms with Crippen LogP contribution in [-0.2, 0) is 4.79 Å². The molecule has 0 aliphatic rings. The topological polar surface area (TPSA) is 58.2 Å². The average Bonchev–Trinajstić information content (AvgIpc) is 2.71. The third-order valence-corrected chi connectivity index (χ3v) is 4.11. The zero-order valence-corrected chi connectivity index (χ0v) is 15.4. The molecular formula is C22H16ClFN2O2. The summed E-state index contributed by atoms with van der Waals surface area (Å²) in [7, 11) is 0. The van der Waals surface area contributed by atoms with Gasteiger partial charge in [0.25, 0.3) is 11.8 Å². The second-order valence-corrected chi connectivity index (χ2v) is 6.28. The number of rotatable bonds is 5. The minimum atomic E-state index is -0.586. The molecule has 3 aromatic carbocycles. The molecule has 3 rings (SSSR count). The van der Waals surface area contributed by atoms with E-state index in [0.29, 0.717) is 11.3 Å². The molecule has 0 unspecified atom stereocenters. The second-order valence-electron chi connectivity index (χ2n) is 5.87. The molecule has 2 N–H and O–H groups in total. The van der Waals surface area contributed by atoms with Crippen molar-refractivity contribution in [3.05, 3.63) is 107 Å². The van der Waals surface area contributed by atoms with Crippen molar-refractivity contribution in [1.82, 2.24) is 5.32 Å². The summed E-state index contributed by atoms with van der Waals surface area (Å²) in [5, 5.41) is 5.13. The van der Waals surface area contributed by atoms with Crippen LogP contribution in [0.1, 0.15) is 15.9 Å². The SMILES string of the molecule is O=C(Nc1ccc(F)c(Cl)c1)/C(=C/c1ccccc1)NC(=O)c1ccccc1. The fourth-order valence-electron chi connectivity index (χ4n) is 2.43. The van der Waals surface area contributed by atoms with Crippen molar-refractivity contribution in [2.45, 2.75) is 0 Å². The first-order chi connectivity index (χ1) is 13.5. The molecule has 0 radical (unpaired) electrons. The van der Waals surface area contributed by atoms with Gasteiger partial charge in [0.2, 0.25) is 0 Å². The van der Waals surface area contributed by atoms with E-state index in [1.165, 1.54) is 12.1 Å². The summed E-state index contributed by atoms with van der Waals surface area (Å²) in [6.07, 6.45) is 1.56. The quantitative estimate of drug-likeness (QED) is 0.605. The second kappa shape index (κ2) is 8.97. The summed E-state index contributed by atoms with van der Waals surface area (Å²) in [6, 6.07) is 21.5. The third kappa shape index (κ3) is 5.05. The predicted molar refractivity (Wildman–Crippen MR) is 108 cm³/mol. The summed E-state index contributed by atoms with van der Waals surface area (Å²) in [4.78, 5) is 25.2. The summed E-state index contributed by atoms with van der Waals surface area (Å²) < 4.78 is 13.3. The van der Waals surface area contributed by atoms with Gasteiger partial charge in [-0.15, -0.1) is 0 Å². The van der Waals surface area contributed by atoms with Crippen LogP contribution < -0.4 is 10.6 Å². The van der Waals surface area contributed by atoms with Gasteiger partial charge in [0.1, 0.15) is 11.5 Å². The minimum absolute atomic E-state index is 0.0421. The molecule has 0 bridgehead atoms. The first kappa shape index (κ1) is 19.3. The van der Waals surface area contributed by atoms with Crippen LogP contribution in [0.15, 0.2) is 84.6 Å². The zero-order chi connectivity index (χ0) is 19.9. The maximum absolute atomic E-state index is 13.3. The van der Waals surface area contributed by atoms with E-state index in [9.17, 15) is 14.0 Å². The van der Waals surface area contributed by atoms with Crippen molar-refractivity contribution in [2.24, 2.45) is 0 Å². The van der Waals surface area contributed by atoms with Crippen molar-refractivity contribution in [1.29, 1.82) is 0 Å². The first-order valence-electron chi connectivity index (χ1n) is 8.42. The summed E-state index contributed by atoms with van der Waals surface area (Å²) >= 11 is 5.76. The van der Waals surface area contributed by atoms with Crippen LogP contribution in [0, 0.1) is 5.82 Å². The maximum atomic E-state index is 13.3. The summed E-state index contributed by atoms with van der Waals surface area (Å²) in [5.41, 5.74) is 1.50. The number of carbonyl (C=O) groups excluding carboxylic acids is 2. The molecule has 2 amide bonds. The molecule has 0 aliphatic carbocycles. The Morgan fingerprint density at radius 1 is 0.893 bits per heavy atom. The molecule has 0 spiro atoms. The largest absolute Gasteiger partial charge is 0.321 e. The molecule has 0 saturated heterocycles. The number of carbonyl (C=O) groups is 2. The minimum Gasteiger partial charge on any atom is -0.321 e. The van der Waals surface area contributed by atoms with Crippen LogP contribution in [0.2, 0.25) is 5.02 Å². The smallest absolute Gasteiger partial charge is 0.272 e. The summed E-state index contributed by atoms with van der Waals surface area (Å²) in [6.45, 7) is 0. The summed E-state index contributed by atoms with van der Waals surface area (Å²) in [5.74, 6) is -1.57. The van der Waals surface area contributed by atoms with E-state index >= 15 is 0 Å². The van der Waals surface area contributed by atoms with Crippen molar-refractivity contribution in [2.75, 3.05) is 5.32 Å². The van der Waals surface area contributed by atoms with E-state index in [1.54, 1.807) is 48.5 Å². The number of halogens is 2. The molecule has 4 nitrogen and oxygen atoms in total. The lowest BCUT2D eigenvalue weighted by Crippen LogP contribution is -2.30. The Bertz CT molecular complexity index is 1020. The molecule has 0 saturated carbocycles. The molecular weight excluding hydrogens is 379 g/mol. The first-order valence-corrected chi connectivity index (χ1v) is 8.80. The number of nitrogens with one attached hydrogen (secondary N) is 2. The lowest BCUT2D eigenvalue weighted by molar-refractivity contribution is -0.113. The number of hydrogen-bond donors (Lipinski definition) is 2. The Morgan fingerprint density at radius 3 is 2.18 bits per heavy atom. The van der Waals surface area contributed by atoms with E-state index in [1.807, 2.05) is 18.2 Å².